The number of allylic oxidation sites excluding steroid dienone is 2. The van der Waals surface area contributed by atoms with Crippen LogP contribution >= 0.6 is 0 Å². The first-order valence-corrected chi connectivity index (χ1v) is 16.3. The number of ketones is 1. The molecule has 1 aromatic heterocycles. The molecular formula is C39H41NO5. The van der Waals surface area contributed by atoms with Crippen LogP contribution in [-0.4, -0.2) is 40.1 Å². The molecule has 232 valence electrons. The number of aliphatic hydroxyl groups excluding tert-OH is 1. The van der Waals surface area contributed by atoms with Crippen LogP contribution in [0.25, 0.3) is 10.8 Å². The number of furan rings is 1. The average molecular weight is 604 g/mol. The molecule has 3 aliphatic carbocycles. The number of nitrogens with zero attached hydrogens (tertiary/aromatic N) is 1. The zero-order valence-electron chi connectivity index (χ0n) is 26.1. The molecule has 4 atom stereocenters. The van der Waals surface area contributed by atoms with Crippen LogP contribution in [0.4, 0.5) is 4.79 Å². The summed E-state index contributed by atoms with van der Waals surface area (Å²) in [6.07, 6.45) is 8.18. The Morgan fingerprint density at radius 3 is 2.71 bits per heavy atom. The van der Waals surface area contributed by atoms with Crippen molar-refractivity contribution in [2.45, 2.75) is 83.0 Å². The molecule has 45 heavy (non-hydrogen) atoms. The third-order valence-electron chi connectivity index (χ3n) is 10.9. The molecular weight excluding hydrogens is 562 g/mol. The van der Waals surface area contributed by atoms with E-state index in [0.29, 0.717) is 37.3 Å². The first-order valence-electron chi connectivity index (χ1n) is 16.3. The molecule has 6 nitrogen and oxygen atoms in total. The normalized spacial score (nSPS) is 27.0. The van der Waals surface area contributed by atoms with E-state index < -0.39 is 17.1 Å². The first kappa shape index (κ1) is 29.5. The summed E-state index contributed by atoms with van der Waals surface area (Å²) in [5.41, 5.74) is 3.79. The van der Waals surface area contributed by atoms with Crippen molar-refractivity contribution in [1.82, 2.24) is 4.90 Å². The molecule has 2 heterocycles. The van der Waals surface area contributed by atoms with Gasteiger partial charge in [-0.3, -0.25) is 9.69 Å². The molecule has 2 bridgehead atoms. The minimum Gasteiger partial charge on any atom is -0.461 e. The van der Waals surface area contributed by atoms with Gasteiger partial charge in [0.05, 0.1) is 18.9 Å². The topological polar surface area (TPSA) is 80.0 Å². The van der Waals surface area contributed by atoms with Gasteiger partial charge in [-0.2, -0.15) is 0 Å². The number of ether oxygens (including phenoxy) is 1. The van der Waals surface area contributed by atoms with Gasteiger partial charge in [0.15, 0.2) is 5.76 Å². The van der Waals surface area contributed by atoms with Crippen LogP contribution in [0.5, 0.6) is 0 Å². The SMILES string of the molecule is CC1=CCC[C@@]2(C)[C@@H](CC[C@@]23CN(Cc2cccc4ccccc24)C(=O)O3)c2ccc(cc2C(=O)c2ccco2)C[C@@H](O)CC1. The van der Waals surface area contributed by atoms with E-state index in [1.165, 1.54) is 11.8 Å². The van der Waals surface area contributed by atoms with Crippen LogP contribution in [0.3, 0.4) is 0 Å². The van der Waals surface area contributed by atoms with Crippen molar-refractivity contribution >= 4 is 22.6 Å². The fourth-order valence-corrected chi connectivity index (χ4v) is 8.28. The minimum absolute atomic E-state index is 0.00709. The second-order valence-corrected chi connectivity index (χ2v) is 13.6. The Kier molecular flexibility index (Phi) is 7.65. The van der Waals surface area contributed by atoms with Crippen LogP contribution in [0, 0.1) is 5.41 Å². The summed E-state index contributed by atoms with van der Waals surface area (Å²) in [5, 5.41) is 13.1. The second kappa shape index (κ2) is 11.6. The minimum atomic E-state index is -0.683. The molecule has 3 aromatic carbocycles. The Bertz CT molecular complexity index is 1770. The van der Waals surface area contributed by atoms with Gasteiger partial charge < -0.3 is 14.3 Å². The summed E-state index contributed by atoms with van der Waals surface area (Å²) in [5.74, 6) is 0.141. The van der Waals surface area contributed by atoms with Crippen molar-refractivity contribution in [3.8, 4) is 0 Å². The van der Waals surface area contributed by atoms with Crippen molar-refractivity contribution in [2.75, 3.05) is 6.54 Å². The Hall–Kier alpha value is -4.16. The van der Waals surface area contributed by atoms with Crippen LogP contribution in [0.1, 0.15) is 91.1 Å². The molecule has 0 radical (unpaired) electrons. The maximum atomic E-state index is 13.9. The number of carbonyl (C=O) groups is 2. The molecule has 1 N–H and O–H groups in total. The summed E-state index contributed by atoms with van der Waals surface area (Å²) in [7, 11) is 0. The van der Waals surface area contributed by atoms with E-state index in [0.717, 1.165) is 59.6 Å². The fraction of sp³-hybridized carbons (Fsp3) is 0.385. The van der Waals surface area contributed by atoms with Gasteiger partial charge in [-0.1, -0.05) is 73.2 Å². The molecule has 1 saturated heterocycles. The van der Waals surface area contributed by atoms with Gasteiger partial charge in [-0.25, -0.2) is 4.79 Å². The molecule has 4 aliphatic rings. The molecule has 1 saturated carbocycles. The van der Waals surface area contributed by atoms with Crippen molar-refractivity contribution in [3.63, 3.8) is 0 Å². The highest BCUT2D eigenvalue weighted by molar-refractivity contribution is 6.08. The number of amides is 1. The van der Waals surface area contributed by atoms with E-state index >= 15 is 0 Å². The van der Waals surface area contributed by atoms with Crippen LogP contribution in [0.2, 0.25) is 0 Å². The van der Waals surface area contributed by atoms with E-state index in [4.69, 9.17) is 9.15 Å². The van der Waals surface area contributed by atoms with Crippen molar-refractivity contribution in [3.05, 3.63) is 119 Å². The van der Waals surface area contributed by atoms with E-state index in [1.807, 2.05) is 29.2 Å². The smallest absolute Gasteiger partial charge is 0.410 e. The summed E-state index contributed by atoms with van der Waals surface area (Å²) < 4.78 is 12.1. The molecule has 4 aromatic rings. The average Bonchev–Trinajstić information content (AvgIpc) is 3.75. The van der Waals surface area contributed by atoms with Crippen molar-refractivity contribution in [2.24, 2.45) is 5.41 Å². The molecule has 8 rings (SSSR count). The van der Waals surface area contributed by atoms with Gasteiger partial charge in [0.25, 0.3) is 0 Å². The number of fused-ring (bicyclic) bond motifs is 9. The standard InChI is InChI=1S/C39H41NO5/c1-26-8-6-19-38(2)34(32-17-15-27(22-30(41)16-14-26)23-33(32)36(42)35-13-7-21-44-35)18-20-39(38)25-40(37(43)45-39)24-29-11-5-10-28-9-3-4-12-31(28)29/h3-5,7-13,15,17,21,23,30,34,41H,6,14,16,18-20,22,24-25H2,1-2H3/t30-,34-,38-,39+/m0/s1. The zero-order valence-corrected chi connectivity index (χ0v) is 26.1. The summed E-state index contributed by atoms with van der Waals surface area (Å²) in [6, 6.07) is 24.1. The maximum Gasteiger partial charge on any atom is 0.410 e. The van der Waals surface area contributed by atoms with Crippen molar-refractivity contribution in [1.29, 1.82) is 0 Å². The van der Waals surface area contributed by atoms with Gasteiger partial charge in [0.1, 0.15) is 5.60 Å². The number of hydrogen-bond acceptors (Lipinski definition) is 5. The molecule has 6 heteroatoms. The van der Waals surface area contributed by atoms with Crippen LogP contribution in [-0.2, 0) is 17.7 Å². The summed E-state index contributed by atoms with van der Waals surface area (Å²) in [6.45, 7) is 5.41. The third kappa shape index (κ3) is 5.29. The monoisotopic (exact) mass is 603 g/mol. The van der Waals surface area contributed by atoms with Gasteiger partial charge >= 0.3 is 6.09 Å². The van der Waals surface area contributed by atoms with Crippen LogP contribution < -0.4 is 0 Å². The summed E-state index contributed by atoms with van der Waals surface area (Å²) >= 11 is 0. The first-order chi connectivity index (χ1) is 21.8. The van der Waals surface area contributed by atoms with Gasteiger partial charge in [0, 0.05) is 17.5 Å². The number of rotatable bonds is 4. The van der Waals surface area contributed by atoms with Crippen LogP contribution in [0.15, 0.2) is 95.1 Å². The zero-order chi connectivity index (χ0) is 31.2. The van der Waals surface area contributed by atoms with E-state index in [-0.39, 0.29) is 17.8 Å². The lowest BCUT2D eigenvalue weighted by Crippen LogP contribution is -2.48. The van der Waals surface area contributed by atoms with Gasteiger partial charge in [0.2, 0.25) is 5.78 Å². The maximum absolute atomic E-state index is 13.9. The number of benzene rings is 3. The molecule has 0 unspecified atom stereocenters. The molecule has 1 spiro atoms. The Balaban J connectivity index is 1.29. The molecule has 1 aliphatic heterocycles. The lowest BCUT2D eigenvalue weighted by molar-refractivity contribution is -0.0373. The quantitative estimate of drug-likeness (QED) is 0.187. The number of carbonyl (C=O) groups excluding carboxylic acids is 2. The Morgan fingerprint density at radius 2 is 1.87 bits per heavy atom. The molecule has 1 amide bonds. The second-order valence-electron chi connectivity index (χ2n) is 13.6. The third-order valence-corrected chi connectivity index (χ3v) is 10.9. The highest BCUT2D eigenvalue weighted by atomic mass is 16.6. The Morgan fingerprint density at radius 1 is 1.02 bits per heavy atom. The van der Waals surface area contributed by atoms with E-state index in [9.17, 15) is 14.7 Å². The van der Waals surface area contributed by atoms with E-state index in [1.54, 1.807) is 12.1 Å². The summed E-state index contributed by atoms with van der Waals surface area (Å²) in [4.78, 5) is 29.5. The van der Waals surface area contributed by atoms with Gasteiger partial charge in [-0.15, -0.1) is 0 Å². The highest BCUT2D eigenvalue weighted by Gasteiger charge is 2.64. The fourth-order valence-electron chi connectivity index (χ4n) is 8.28. The molecule has 2 fully saturated rings. The van der Waals surface area contributed by atoms with Gasteiger partial charge in [-0.05, 0) is 103 Å². The predicted octanol–water partition coefficient (Wildman–Crippen LogP) is 8.36. The predicted molar refractivity (Wildman–Crippen MR) is 174 cm³/mol. The highest BCUT2D eigenvalue weighted by Crippen LogP contribution is 2.62. The largest absolute Gasteiger partial charge is 0.461 e. The number of aliphatic hydroxyl groups is 1. The van der Waals surface area contributed by atoms with E-state index in [2.05, 4.69) is 56.3 Å². The van der Waals surface area contributed by atoms with Crippen molar-refractivity contribution < 1.29 is 23.8 Å². The lowest BCUT2D eigenvalue weighted by Gasteiger charge is -2.43. The lowest BCUT2D eigenvalue weighted by atomic mass is 9.65. The number of hydrogen-bond donors (Lipinski definition) is 1. The Labute approximate surface area is 264 Å².